The van der Waals surface area contributed by atoms with Gasteiger partial charge in [-0.2, -0.15) is 0 Å². The van der Waals surface area contributed by atoms with Crippen molar-refractivity contribution in [2.45, 2.75) is 39.0 Å². The van der Waals surface area contributed by atoms with E-state index in [1.807, 2.05) is 0 Å². The van der Waals surface area contributed by atoms with E-state index in [0.29, 0.717) is 0 Å². The fourth-order valence-corrected chi connectivity index (χ4v) is 3.13. The van der Waals surface area contributed by atoms with E-state index in [1.165, 1.54) is 31.7 Å². The monoisotopic (exact) mass is 187 g/mol. The smallest absolute Gasteiger partial charge is 0.0581 e. The summed E-state index contributed by atoms with van der Waals surface area (Å²) in [6.07, 6.45) is 2.69. The van der Waals surface area contributed by atoms with Crippen molar-refractivity contribution in [2.75, 3.05) is 18.8 Å². The molecular formula is C10H21NS. The molecule has 1 heterocycles. The third-order valence-corrected chi connectivity index (χ3v) is 4.00. The summed E-state index contributed by atoms with van der Waals surface area (Å²) in [6, 6.07) is 0. The van der Waals surface area contributed by atoms with Gasteiger partial charge in [-0.25, -0.2) is 0 Å². The van der Waals surface area contributed by atoms with E-state index in [0.717, 1.165) is 11.3 Å². The van der Waals surface area contributed by atoms with Gasteiger partial charge in [0.05, 0.1) is 5.37 Å². The summed E-state index contributed by atoms with van der Waals surface area (Å²) in [5.41, 5.74) is 0. The van der Waals surface area contributed by atoms with Crippen LogP contribution in [0.3, 0.4) is 0 Å². The first kappa shape index (κ1) is 10.4. The zero-order valence-electron chi connectivity index (χ0n) is 8.55. The van der Waals surface area contributed by atoms with E-state index in [2.05, 4.69) is 37.4 Å². The second-order valence-electron chi connectivity index (χ2n) is 3.89. The number of hydrogen-bond donors (Lipinski definition) is 0. The van der Waals surface area contributed by atoms with Gasteiger partial charge in [0.1, 0.15) is 0 Å². The Bertz CT molecular complexity index is 125. The summed E-state index contributed by atoms with van der Waals surface area (Å²) in [7, 11) is 0. The molecule has 1 rings (SSSR count). The molecule has 12 heavy (non-hydrogen) atoms. The Kier molecular flexibility index (Phi) is 4.44. The first-order valence-corrected chi connectivity index (χ1v) is 6.16. The fraction of sp³-hybridized carbons (Fsp3) is 1.00. The summed E-state index contributed by atoms with van der Waals surface area (Å²) < 4.78 is 0. The third-order valence-electron chi connectivity index (χ3n) is 2.40. The molecule has 72 valence electrons. The van der Waals surface area contributed by atoms with Crippen molar-refractivity contribution in [1.29, 1.82) is 0 Å². The van der Waals surface area contributed by atoms with E-state index in [4.69, 9.17) is 0 Å². The van der Waals surface area contributed by atoms with Gasteiger partial charge in [0.25, 0.3) is 0 Å². The molecule has 0 aromatic rings. The number of nitrogens with zero attached hydrogens (tertiary/aromatic N) is 1. The minimum atomic E-state index is 0.802. The minimum absolute atomic E-state index is 0.802. The van der Waals surface area contributed by atoms with E-state index >= 15 is 0 Å². The highest BCUT2D eigenvalue weighted by Gasteiger charge is 2.26. The average molecular weight is 187 g/mol. The second kappa shape index (κ2) is 5.13. The molecule has 0 aromatic heterocycles. The Hall–Kier alpha value is 0.310. The summed E-state index contributed by atoms with van der Waals surface area (Å²) >= 11 is 2.13. The highest BCUT2D eigenvalue weighted by atomic mass is 32.2. The van der Waals surface area contributed by atoms with Crippen molar-refractivity contribution < 1.29 is 0 Å². The molecule has 0 N–H and O–H groups in total. The van der Waals surface area contributed by atoms with Crippen LogP contribution in [0.1, 0.15) is 33.6 Å². The van der Waals surface area contributed by atoms with Gasteiger partial charge in [-0.15, -0.1) is 11.8 Å². The molecule has 0 amide bonds. The molecule has 1 nitrogen and oxygen atoms in total. The fourth-order valence-electron chi connectivity index (χ4n) is 1.74. The lowest BCUT2D eigenvalue weighted by Gasteiger charge is -2.26. The zero-order chi connectivity index (χ0) is 8.97. The van der Waals surface area contributed by atoms with Gasteiger partial charge in [-0.1, -0.05) is 27.2 Å². The summed E-state index contributed by atoms with van der Waals surface area (Å²) in [4.78, 5) is 2.65. The first-order valence-electron chi connectivity index (χ1n) is 5.11. The maximum Gasteiger partial charge on any atom is 0.0581 e. The maximum absolute atomic E-state index is 2.65. The summed E-state index contributed by atoms with van der Waals surface area (Å²) in [5.74, 6) is 2.15. The van der Waals surface area contributed by atoms with Gasteiger partial charge in [0.15, 0.2) is 0 Å². The minimum Gasteiger partial charge on any atom is -0.290 e. The molecule has 1 atom stereocenters. The molecule has 0 saturated carbocycles. The molecule has 0 aromatic carbocycles. The number of rotatable bonds is 4. The standard InChI is InChI=1S/C10H21NS/c1-4-5-6-11-7-8-12-10(11)9(2)3/h9-10H,4-8H2,1-3H3. The maximum atomic E-state index is 2.65. The molecule has 0 bridgehead atoms. The highest BCUT2D eigenvalue weighted by molar-refractivity contribution is 8.00. The van der Waals surface area contributed by atoms with Crippen LogP contribution in [-0.4, -0.2) is 29.1 Å². The molecule has 0 spiro atoms. The molecule has 1 fully saturated rings. The predicted octanol–water partition coefficient (Wildman–Crippen LogP) is 2.82. The van der Waals surface area contributed by atoms with Crippen LogP contribution in [0.15, 0.2) is 0 Å². The van der Waals surface area contributed by atoms with Crippen LogP contribution in [0, 0.1) is 5.92 Å². The van der Waals surface area contributed by atoms with Crippen LogP contribution in [0.25, 0.3) is 0 Å². The van der Waals surface area contributed by atoms with Crippen LogP contribution >= 0.6 is 11.8 Å². The SMILES string of the molecule is CCCCN1CCSC1C(C)C. The van der Waals surface area contributed by atoms with Gasteiger partial charge in [-0.05, 0) is 18.9 Å². The van der Waals surface area contributed by atoms with Crippen LogP contribution in [-0.2, 0) is 0 Å². The van der Waals surface area contributed by atoms with E-state index in [9.17, 15) is 0 Å². The van der Waals surface area contributed by atoms with Gasteiger partial charge >= 0.3 is 0 Å². The Morgan fingerprint density at radius 2 is 2.25 bits per heavy atom. The van der Waals surface area contributed by atoms with Crippen molar-refractivity contribution in [3.8, 4) is 0 Å². The Labute approximate surface area is 80.9 Å². The quantitative estimate of drug-likeness (QED) is 0.666. The number of hydrogen-bond acceptors (Lipinski definition) is 2. The molecular weight excluding hydrogens is 166 g/mol. The van der Waals surface area contributed by atoms with Crippen molar-refractivity contribution in [2.24, 2.45) is 5.92 Å². The van der Waals surface area contributed by atoms with Crippen molar-refractivity contribution in [3.63, 3.8) is 0 Å². The van der Waals surface area contributed by atoms with E-state index in [1.54, 1.807) is 0 Å². The van der Waals surface area contributed by atoms with Crippen LogP contribution < -0.4 is 0 Å². The van der Waals surface area contributed by atoms with Gasteiger partial charge in [-0.3, -0.25) is 4.90 Å². The lowest BCUT2D eigenvalue weighted by molar-refractivity contribution is 0.243. The largest absolute Gasteiger partial charge is 0.290 e. The average Bonchev–Trinajstić information content (AvgIpc) is 2.48. The zero-order valence-corrected chi connectivity index (χ0v) is 9.36. The molecule has 1 saturated heterocycles. The molecule has 1 aliphatic rings. The van der Waals surface area contributed by atoms with Crippen LogP contribution in [0.2, 0.25) is 0 Å². The van der Waals surface area contributed by atoms with Crippen molar-refractivity contribution in [3.05, 3.63) is 0 Å². The highest BCUT2D eigenvalue weighted by Crippen LogP contribution is 2.29. The van der Waals surface area contributed by atoms with Crippen LogP contribution in [0.4, 0.5) is 0 Å². The number of unbranched alkanes of at least 4 members (excludes halogenated alkanes) is 1. The Morgan fingerprint density at radius 1 is 1.50 bits per heavy atom. The molecule has 1 aliphatic heterocycles. The summed E-state index contributed by atoms with van der Waals surface area (Å²) in [6.45, 7) is 9.57. The Balaban J connectivity index is 2.30. The van der Waals surface area contributed by atoms with Gasteiger partial charge in [0, 0.05) is 12.3 Å². The first-order chi connectivity index (χ1) is 5.75. The summed E-state index contributed by atoms with van der Waals surface area (Å²) in [5, 5.41) is 0.802. The molecule has 2 heteroatoms. The van der Waals surface area contributed by atoms with Gasteiger partial charge < -0.3 is 0 Å². The van der Waals surface area contributed by atoms with Crippen molar-refractivity contribution in [1.82, 2.24) is 4.90 Å². The second-order valence-corrected chi connectivity index (χ2v) is 5.12. The van der Waals surface area contributed by atoms with E-state index < -0.39 is 0 Å². The lowest BCUT2D eigenvalue weighted by Crippen LogP contribution is -2.32. The van der Waals surface area contributed by atoms with Crippen LogP contribution in [0.5, 0.6) is 0 Å². The number of thioether (sulfide) groups is 1. The lowest BCUT2D eigenvalue weighted by atomic mass is 10.2. The molecule has 0 aliphatic carbocycles. The predicted molar refractivity (Wildman–Crippen MR) is 57.6 cm³/mol. The van der Waals surface area contributed by atoms with Gasteiger partial charge in [0.2, 0.25) is 0 Å². The topological polar surface area (TPSA) is 3.24 Å². The van der Waals surface area contributed by atoms with Crippen molar-refractivity contribution >= 4 is 11.8 Å². The molecule has 0 radical (unpaired) electrons. The Morgan fingerprint density at radius 3 is 2.83 bits per heavy atom. The normalized spacial score (nSPS) is 25.5. The third kappa shape index (κ3) is 2.67. The molecule has 1 unspecified atom stereocenters. The van der Waals surface area contributed by atoms with E-state index in [-0.39, 0.29) is 0 Å².